The molecule has 0 spiro atoms. The van der Waals surface area contributed by atoms with Crippen LogP contribution in [0.25, 0.3) is 10.9 Å². The van der Waals surface area contributed by atoms with Crippen molar-refractivity contribution in [3.05, 3.63) is 64.7 Å². The van der Waals surface area contributed by atoms with Gasteiger partial charge < -0.3 is 14.8 Å². The van der Waals surface area contributed by atoms with Crippen molar-refractivity contribution >= 4 is 28.5 Å². The number of carbonyl (C=O) groups excluding carboxylic acids is 2. The van der Waals surface area contributed by atoms with E-state index in [-0.39, 0.29) is 18.5 Å². The Morgan fingerprint density at radius 1 is 1.17 bits per heavy atom. The highest BCUT2D eigenvalue weighted by Crippen LogP contribution is 2.15. The lowest BCUT2D eigenvalue weighted by molar-refractivity contribution is -0.153. The molecule has 156 valence electrons. The molecule has 1 heterocycles. The molecule has 1 amide bonds. The molecular weight excluding hydrogens is 386 g/mol. The molecule has 1 aromatic heterocycles. The van der Waals surface area contributed by atoms with Gasteiger partial charge in [-0.05, 0) is 49.7 Å². The number of aryl methyl sites for hydroxylation is 2. The first-order valence-electron chi connectivity index (χ1n) is 9.48. The molecule has 0 fully saturated rings. The van der Waals surface area contributed by atoms with Gasteiger partial charge in [-0.3, -0.25) is 19.0 Å². The zero-order chi connectivity index (χ0) is 21.7. The van der Waals surface area contributed by atoms with Crippen molar-refractivity contribution in [2.24, 2.45) is 0 Å². The summed E-state index contributed by atoms with van der Waals surface area (Å²) in [6, 6.07) is 12.2. The van der Waals surface area contributed by atoms with Gasteiger partial charge in [0.2, 0.25) is 0 Å². The number of hydrogen-bond acceptors (Lipinski definition) is 6. The Labute approximate surface area is 173 Å². The number of nitrogens with zero attached hydrogens (tertiary/aromatic N) is 2. The number of amides is 1. The third-order valence-electron chi connectivity index (χ3n) is 4.65. The molecule has 0 radical (unpaired) electrons. The van der Waals surface area contributed by atoms with Gasteiger partial charge in [0, 0.05) is 12.2 Å². The fourth-order valence-corrected chi connectivity index (χ4v) is 2.94. The fraction of sp³-hybridized carbons (Fsp3) is 0.273. The molecule has 0 saturated heterocycles. The molecule has 3 aromatic rings. The number of hydrogen-bond donors (Lipinski definition) is 1. The van der Waals surface area contributed by atoms with Crippen LogP contribution in [0.5, 0.6) is 5.75 Å². The highest BCUT2D eigenvalue weighted by atomic mass is 16.5. The number of fused-ring (bicyclic) bond motifs is 1. The van der Waals surface area contributed by atoms with Gasteiger partial charge in [0.25, 0.3) is 11.5 Å². The van der Waals surface area contributed by atoms with E-state index in [2.05, 4.69) is 10.3 Å². The van der Waals surface area contributed by atoms with Crippen molar-refractivity contribution in [1.29, 1.82) is 0 Å². The molecule has 1 atom stereocenters. The summed E-state index contributed by atoms with van der Waals surface area (Å²) in [6.45, 7) is 3.49. The lowest BCUT2D eigenvalue weighted by atomic mass is 10.1. The molecular formula is C22H23N3O5. The normalized spacial score (nSPS) is 11.7. The second kappa shape index (κ2) is 9.21. The molecule has 0 aliphatic carbocycles. The number of ether oxygens (including phenoxy) is 2. The van der Waals surface area contributed by atoms with E-state index in [4.69, 9.17) is 9.47 Å². The first-order chi connectivity index (χ1) is 14.4. The molecule has 0 aliphatic heterocycles. The second-order valence-corrected chi connectivity index (χ2v) is 6.81. The second-order valence-electron chi connectivity index (χ2n) is 6.81. The minimum absolute atomic E-state index is 0.0565. The van der Waals surface area contributed by atoms with Gasteiger partial charge >= 0.3 is 5.97 Å². The number of anilines is 1. The SMILES string of the molecule is COc1ccc(NC(=O)C(C)OC(=O)CCn2cnc3c(C)cccc3c2=O)cc1. The van der Waals surface area contributed by atoms with Crippen LogP contribution >= 0.6 is 0 Å². The number of para-hydroxylation sites is 1. The van der Waals surface area contributed by atoms with E-state index in [1.54, 1.807) is 43.5 Å². The Morgan fingerprint density at radius 3 is 2.60 bits per heavy atom. The summed E-state index contributed by atoms with van der Waals surface area (Å²) in [7, 11) is 1.55. The van der Waals surface area contributed by atoms with Crippen LogP contribution in [-0.4, -0.2) is 34.6 Å². The predicted octanol–water partition coefficient (Wildman–Crippen LogP) is 2.67. The van der Waals surface area contributed by atoms with Crippen LogP contribution in [0.2, 0.25) is 0 Å². The molecule has 0 bridgehead atoms. The molecule has 8 nitrogen and oxygen atoms in total. The van der Waals surface area contributed by atoms with Crippen LogP contribution in [0.1, 0.15) is 18.9 Å². The topological polar surface area (TPSA) is 99.5 Å². The molecule has 1 N–H and O–H groups in total. The minimum Gasteiger partial charge on any atom is -0.497 e. The van der Waals surface area contributed by atoms with Gasteiger partial charge in [0.05, 0.1) is 30.8 Å². The molecule has 30 heavy (non-hydrogen) atoms. The lowest BCUT2D eigenvalue weighted by Gasteiger charge is -2.14. The first-order valence-corrected chi connectivity index (χ1v) is 9.48. The monoisotopic (exact) mass is 409 g/mol. The van der Waals surface area contributed by atoms with Gasteiger partial charge in [-0.25, -0.2) is 4.98 Å². The highest BCUT2D eigenvalue weighted by molar-refractivity contribution is 5.95. The maximum absolute atomic E-state index is 12.6. The number of rotatable bonds is 7. The van der Waals surface area contributed by atoms with E-state index in [0.29, 0.717) is 22.3 Å². The van der Waals surface area contributed by atoms with Crippen LogP contribution in [0.4, 0.5) is 5.69 Å². The number of carbonyl (C=O) groups is 2. The summed E-state index contributed by atoms with van der Waals surface area (Å²) in [5.41, 5.74) is 1.90. The maximum Gasteiger partial charge on any atom is 0.308 e. The van der Waals surface area contributed by atoms with Crippen molar-refractivity contribution in [3.8, 4) is 5.75 Å². The number of nitrogens with one attached hydrogen (secondary N) is 1. The third kappa shape index (κ3) is 4.83. The van der Waals surface area contributed by atoms with Crippen LogP contribution < -0.4 is 15.6 Å². The van der Waals surface area contributed by atoms with E-state index in [0.717, 1.165) is 5.56 Å². The summed E-state index contributed by atoms with van der Waals surface area (Å²) in [6.07, 6.45) is 0.387. The largest absolute Gasteiger partial charge is 0.497 e. The van der Waals surface area contributed by atoms with E-state index in [9.17, 15) is 14.4 Å². The van der Waals surface area contributed by atoms with Gasteiger partial charge in [0.15, 0.2) is 6.10 Å². The fourth-order valence-electron chi connectivity index (χ4n) is 2.94. The highest BCUT2D eigenvalue weighted by Gasteiger charge is 2.18. The van der Waals surface area contributed by atoms with Crippen LogP contribution in [0.15, 0.2) is 53.6 Å². The Bertz CT molecular complexity index is 1120. The maximum atomic E-state index is 12.6. The van der Waals surface area contributed by atoms with E-state index in [1.807, 2.05) is 13.0 Å². The molecule has 8 heteroatoms. The first kappa shape index (κ1) is 21.0. The smallest absolute Gasteiger partial charge is 0.308 e. The quantitative estimate of drug-likeness (QED) is 0.603. The number of aromatic nitrogens is 2. The minimum atomic E-state index is -0.978. The van der Waals surface area contributed by atoms with Crippen LogP contribution in [0, 0.1) is 6.92 Å². The number of methoxy groups -OCH3 is 1. The summed E-state index contributed by atoms with van der Waals surface area (Å²) < 4.78 is 11.6. The van der Waals surface area contributed by atoms with E-state index < -0.39 is 18.0 Å². The van der Waals surface area contributed by atoms with Crippen molar-refractivity contribution in [1.82, 2.24) is 9.55 Å². The van der Waals surface area contributed by atoms with Crippen LogP contribution in [0.3, 0.4) is 0 Å². The molecule has 1 unspecified atom stereocenters. The molecule has 3 rings (SSSR count). The Balaban J connectivity index is 1.56. The molecule has 0 aliphatic rings. The molecule has 0 saturated carbocycles. The van der Waals surface area contributed by atoms with Crippen molar-refractivity contribution in [2.75, 3.05) is 12.4 Å². The Hall–Kier alpha value is -3.68. The lowest BCUT2D eigenvalue weighted by Crippen LogP contribution is -2.30. The Morgan fingerprint density at radius 2 is 1.90 bits per heavy atom. The summed E-state index contributed by atoms with van der Waals surface area (Å²) >= 11 is 0. The summed E-state index contributed by atoms with van der Waals surface area (Å²) in [4.78, 5) is 41.2. The summed E-state index contributed by atoms with van der Waals surface area (Å²) in [5, 5.41) is 3.17. The Kier molecular flexibility index (Phi) is 6.46. The van der Waals surface area contributed by atoms with Crippen molar-refractivity contribution in [3.63, 3.8) is 0 Å². The van der Waals surface area contributed by atoms with Gasteiger partial charge in [-0.1, -0.05) is 12.1 Å². The van der Waals surface area contributed by atoms with Gasteiger partial charge in [-0.15, -0.1) is 0 Å². The molecule has 2 aromatic carbocycles. The van der Waals surface area contributed by atoms with Crippen LogP contribution in [-0.2, 0) is 20.9 Å². The van der Waals surface area contributed by atoms with Crippen molar-refractivity contribution in [2.45, 2.75) is 32.9 Å². The number of benzene rings is 2. The third-order valence-corrected chi connectivity index (χ3v) is 4.65. The average Bonchev–Trinajstić information content (AvgIpc) is 2.74. The van der Waals surface area contributed by atoms with E-state index in [1.165, 1.54) is 17.8 Å². The predicted molar refractivity (Wildman–Crippen MR) is 113 cm³/mol. The summed E-state index contributed by atoms with van der Waals surface area (Å²) in [5.74, 6) is -0.363. The average molecular weight is 409 g/mol. The zero-order valence-electron chi connectivity index (χ0n) is 17.0. The number of esters is 1. The zero-order valence-corrected chi connectivity index (χ0v) is 17.0. The standard InChI is InChI=1S/C22H23N3O5/c1-14-5-4-6-18-20(14)23-13-25(22(18)28)12-11-19(26)30-15(2)21(27)24-16-7-9-17(29-3)10-8-16/h4-10,13,15H,11-12H2,1-3H3,(H,24,27). The van der Waals surface area contributed by atoms with Gasteiger partial charge in [0.1, 0.15) is 5.75 Å². The van der Waals surface area contributed by atoms with E-state index >= 15 is 0 Å². The van der Waals surface area contributed by atoms with Gasteiger partial charge in [-0.2, -0.15) is 0 Å². The van der Waals surface area contributed by atoms with Crippen molar-refractivity contribution < 1.29 is 19.1 Å².